The molecule has 0 N–H and O–H groups in total. The van der Waals surface area contributed by atoms with Gasteiger partial charge in [0.1, 0.15) is 0 Å². The first kappa shape index (κ1) is 10.9. The summed E-state index contributed by atoms with van der Waals surface area (Å²) in [6.45, 7) is 0. The molecule has 1 heterocycles. The lowest BCUT2D eigenvalue weighted by molar-refractivity contribution is 0.609. The molecule has 3 nitrogen and oxygen atoms in total. The van der Waals surface area contributed by atoms with Gasteiger partial charge in [-0.25, -0.2) is 8.42 Å². The highest BCUT2D eigenvalue weighted by Gasteiger charge is 2.08. The number of fused-ring (bicyclic) bond motifs is 1. The van der Waals surface area contributed by atoms with Crippen LogP contribution in [0.4, 0.5) is 0 Å². The average Bonchev–Trinajstić information content (AvgIpc) is 2.61. The number of nitrogens with zero attached hydrogens (tertiary/aromatic N) is 1. The van der Waals surface area contributed by atoms with E-state index in [0.29, 0.717) is 6.42 Å². The first-order valence-corrected chi connectivity index (χ1v) is 7.56. The maximum Gasteiger partial charge on any atom is 0.232 e. The highest BCUT2D eigenvalue weighted by Crippen LogP contribution is 2.23. The molecule has 0 saturated heterocycles. The molecule has 6 heteroatoms. The predicted molar refractivity (Wildman–Crippen MR) is 63.0 cm³/mol. The molecule has 0 unspecified atom stereocenters. The van der Waals surface area contributed by atoms with Crippen LogP contribution in [0.2, 0.25) is 0 Å². The zero-order chi connectivity index (χ0) is 10.9. The van der Waals surface area contributed by atoms with Crippen LogP contribution in [0, 0.1) is 0 Å². The lowest BCUT2D eigenvalue weighted by atomic mass is 10.1. The van der Waals surface area contributed by atoms with Gasteiger partial charge in [-0.3, -0.25) is 0 Å². The summed E-state index contributed by atoms with van der Waals surface area (Å²) in [4.78, 5) is 0. The van der Waals surface area contributed by atoms with Gasteiger partial charge in [0.25, 0.3) is 0 Å². The zero-order valence-corrected chi connectivity index (χ0v) is 10.1. The molecule has 1 aromatic carbocycles. The molecule has 0 radical (unpaired) electrons. The van der Waals surface area contributed by atoms with E-state index in [-0.39, 0.29) is 5.75 Å². The van der Waals surface area contributed by atoms with Crippen molar-refractivity contribution in [3.63, 3.8) is 0 Å². The van der Waals surface area contributed by atoms with Crippen molar-refractivity contribution in [3.8, 4) is 0 Å². The maximum atomic E-state index is 10.8. The summed E-state index contributed by atoms with van der Waals surface area (Å²) in [5.41, 5.74) is 0.985. The van der Waals surface area contributed by atoms with Crippen LogP contribution in [0.1, 0.15) is 5.56 Å². The Morgan fingerprint density at radius 2 is 2.20 bits per heavy atom. The Morgan fingerprint density at radius 1 is 1.40 bits per heavy atom. The highest BCUT2D eigenvalue weighted by molar-refractivity contribution is 8.13. The summed E-state index contributed by atoms with van der Waals surface area (Å²) in [5.74, 6) is -0.0361. The van der Waals surface area contributed by atoms with E-state index in [2.05, 4.69) is 4.37 Å². The van der Waals surface area contributed by atoms with Crippen LogP contribution in [-0.4, -0.2) is 18.5 Å². The Labute approximate surface area is 96.3 Å². The van der Waals surface area contributed by atoms with Crippen LogP contribution in [0.5, 0.6) is 0 Å². The maximum absolute atomic E-state index is 10.8. The molecule has 0 aliphatic carbocycles. The molecule has 0 amide bonds. The van der Waals surface area contributed by atoms with E-state index in [0.717, 1.165) is 15.6 Å². The third kappa shape index (κ3) is 2.68. The average molecular weight is 262 g/mol. The molecule has 0 fully saturated rings. The van der Waals surface area contributed by atoms with Gasteiger partial charge in [0.15, 0.2) is 0 Å². The first-order valence-electron chi connectivity index (χ1n) is 4.31. The number of rotatable bonds is 3. The molecule has 1 aromatic heterocycles. The van der Waals surface area contributed by atoms with Gasteiger partial charge in [-0.15, -0.1) is 0 Å². The minimum absolute atomic E-state index is 0.0361. The summed E-state index contributed by atoms with van der Waals surface area (Å²) in [7, 11) is 1.75. The topological polar surface area (TPSA) is 47.0 Å². The van der Waals surface area contributed by atoms with Gasteiger partial charge in [0.05, 0.1) is 10.5 Å². The van der Waals surface area contributed by atoms with Crippen LogP contribution in [0.15, 0.2) is 24.4 Å². The van der Waals surface area contributed by atoms with Gasteiger partial charge in [-0.1, -0.05) is 18.2 Å². The molecule has 0 aliphatic heterocycles. The molecule has 0 atom stereocenters. The SMILES string of the molecule is O=S(=O)(Cl)CCc1cccc2cnsc12. The second-order valence-electron chi connectivity index (χ2n) is 3.15. The van der Waals surface area contributed by atoms with Crippen molar-refractivity contribution in [1.82, 2.24) is 4.37 Å². The van der Waals surface area contributed by atoms with Crippen LogP contribution in [0.3, 0.4) is 0 Å². The lowest BCUT2D eigenvalue weighted by Gasteiger charge is -1.99. The summed E-state index contributed by atoms with van der Waals surface area (Å²) in [5, 5.41) is 1.05. The molecule has 15 heavy (non-hydrogen) atoms. The fourth-order valence-corrected chi connectivity index (χ4v) is 2.86. The monoisotopic (exact) mass is 261 g/mol. The Balaban J connectivity index is 2.32. The highest BCUT2D eigenvalue weighted by atomic mass is 35.7. The fourth-order valence-electron chi connectivity index (χ4n) is 1.38. The van der Waals surface area contributed by atoms with E-state index in [1.807, 2.05) is 18.2 Å². The molecule has 0 aliphatic rings. The predicted octanol–water partition coefficient (Wildman–Crippen LogP) is 2.41. The smallest absolute Gasteiger partial charge is 0.212 e. The van der Waals surface area contributed by atoms with E-state index < -0.39 is 9.05 Å². The van der Waals surface area contributed by atoms with Crippen molar-refractivity contribution < 1.29 is 8.42 Å². The molecule has 0 saturated carbocycles. The number of aryl methyl sites for hydroxylation is 1. The fraction of sp³-hybridized carbons (Fsp3) is 0.222. The molecule has 2 rings (SSSR count). The van der Waals surface area contributed by atoms with Gasteiger partial charge in [-0.2, -0.15) is 4.37 Å². The Hall–Kier alpha value is -0.650. The summed E-state index contributed by atoms with van der Waals surface area (Å²) < 4.78 is 26.8. The number of aromatic nitrogens is 1. The van der Waals surface area contributed by atoms with Crippen molar-refractivity contribution in [2.75, 3.05) is 5.75 Å². The largest absolute Gasteiger partial charge is 0.232 e. The van der Waals surface area contributed by atoms with Gasteiger partial charge in [0.2, 0.25) is 9.05 Å². The number of benzene rings is 1. The molecule has 80 valence electrons. The van der Waals surface area contributed by atoms with Crippen molar-refractivity contribution >= 4 is 41.4 Å². The summed E-state index contributed by atoms with van der Waals surface area (Å²) in [6, 6.07) is 5.76. The molecular weight excluding hydrogens is 254 g/mol. The lowest BCUT2D eigenvalue weighted by Crippen LogP contribution is -2.00. The van der Waals surface area contributed by atoms with E-state index in [1.54, 1.807) is 6.20 Å². The molecule has 2 aromatic rings. The Morgan fingerprint density at radius 3 is 2.93 bits per heavy atom. The summed E-state index contributed by atoms with van der Waals surface area (Å²) >= 11 is 1.38. The van der Waals surface area contributed by atoms with Crippen molar-refractivity contribution in [2.45, 2.75) is 6.42 Å². The van der Waals surface area contributed by atoms with E-state index in [1.165, 1.54) is 11.5 Å². The third-order valence-corrected chi connectivity index (χ3v) is 4.12. The van der Waals surface area contributed by atoms with Crippen LogP contribution >= 0.6 is 22.2 Å². The normalized spacial score (nSPS) is 12.1. The minimum Gasteiger partial charge on any atom is -0.212 e. The van der Waals surface area contributed by atoms with Crippen molar-refractivity contribution in [3.05, 3.63) is 30.0 Å². The summed E-state index contributed by atoms with van der Waals surface area (Å²) in [6.07, 6.45) is 2.21. The van der Waals surface area contributed by atoms with E-state index >= 15 is 0 Å². The van der Waals surface area contributed by atoms with E-state index in [4.69, 9.17) is 10.7 Å². The van der Waals surface area contributed by atoms with Gasteiger partial charge >= 0.3 is 0 Å². The second-order valence-corrected chi connectivity index (χ2v) is 6.85. The Kier molecular flexibility index (Phi) is 2.95. The van der Waals surface area contributed by atoms with Gasteiger partial charge in [0, 0.05) is 22.3 Å². The molecule has 0 spiro atoms. The van der Waals surface area contributed by atoms with Gasteiger partial charge < -0.3 is 0 Å². The number of halogens is 1. The zero-order valence-electron chi connectivity index (χ0n) is 7.68. The van der Waals surface area contributed by atoms with Crippen LogP contribution in [-0.2, 0) is 15.5 Å². The van der Waals surface area contributed by atoms with Crippen molar-refractivity contribution in [2.24, 2.45) is 0 Å². The van der Waals surface area contributed by atoms with Crippen LogP contribution in [0.25, 0.3) is 10.1 Å². The standard InChI is InChI=1S/C9H8ClNO2S2/c10-15(12,13)5-4-7-2-1-3-8-6-11-14-9(7)8/h1-3,6H,4-5H2. The quantitative estimate of drug-likeness (QED) is 0.797. The second kappa shape index (κ2) is 4.08. The van der Waals surface area contributed by atoms with E-state index in [9.17, 15) is 8.42 Å². The first-order chi connectivity index (χ1) is 7.06. The number of hydrogen-bond donors (Lipinski definition) is 0. The number of hydrogen-bond acceptors (Lipinski definition) is 4. The minimum atomic E-state index is -3.42. The molecule has 0 bridgehead atoms. The van der Waals surface area contributed by atoms with Crippen molar-refractivity contribution in [1.29, 1.82) is 0 Å². The Bertz CT molecular complexity index is 577. The van der Waals surface area contributed by atoms with Gasteiger partial charge in [-0.05, 0) is 23.5 Å². The molecular formula is C9H8ClNO2S2. The third-order valence-electron chi connectivity index (χ3n) is 2.08. The van der Waals surface area contributed by atoms with Crippen LogP contribution < -0.4 is 0 Å².